The van der Waals surface area contributed by atoms with Gasteiger partial charge in [-0.2, -0.15) is 9.90 Å². The summed E-state index contributed by atoms with van der Waals surface area (Å²) in [6.45, 7) is 4.07. The number of benzene rings is 4. The lowest BCUT2D eigenvalue weighted by Crippen LogP contribution is -2.39. The van der Waals surface area contributed by atoms with Gasteiger partial charge in [-0.1, -0.05) is 72.9 Å². The predicted octanol–water partition coefficient (Wildman–Crippen LogP) is 8.04. The molecule has 17 nitrogen and oxygen atoms in total. The third-order valence-corrected chi connectivity index (χ3v) is 10.5. The van der Waals surface area contributed by atoms with Crippen molar-refractivity contribution >= 4 is 49.2 Å². The highest BCUT2D eigenvalue weighted by Crippen LogP contribution is 2.59. The summed E-state index contributed by atoms with van der Waals surface area (Å²) in [6.07, 6.45) is 4.13. The lowest BCUT2D eigenvalue weighted by Gasteiger charge is -2.22. The summed E-state index contributed by atoms with van der Waals surface area (Å²) in [5.74, 6) is -5.43. The van der Waals surface area contributed by atoms with E-state index >= 15 is 0 Å². The fourth-order valence-electron chi connectivity index (χ4n) is 7.59. The van der Waals surface area contributed by atoms with Crippen molar-refractivity contribution in [2.75, 3.05) is 18.4 Å². The van der Waals surface area contributed by atoms with Gasteiger partial charge in [0.1, 0.15) is 0 Å². The molecule has 2 aromatic heterocycles. The highest BCUT2D eigenvalue weighted by Gasteiger charge is 2.36. The summed E-state index contributed by atoms with van der Waals surface area (Å²) in [5.41, 5.74) is 14.0. The zero-order chi connectivity index (χ0) is 40.3. The van der Waals surface area contributed by atoms with E-state index in [1.54, 1.807) is 31.3 Å². The topological polar surface area (TPSA) is 358 Å². The second kappa shape index (κ2) is 27.8. The Morgan fingerprint density at radius 1 is 0.632 bits per heavy atom. The number of hydrogen-bond acceptors (Lipinski definition) is 14. The summed E-state index contributed by atoms with van der Waals surface area (Å²) in [4.78, 5) is 32.2. The van der Waals surface area contributed by atoms with Crippen molar-refractivity contribution in [2.24, 2.45) is 11.5 Å². The van der Waals surface area contributed by atoms with Gasteiger partial charge in [0, 0.05) is 63.9 Å². The Bertz CT molecular complexity index is 2800. The quantitative estimate of drug-likeness (QED) is 0.0325. The van der Waals surface area contributed by atoms with Gasteiger partial charge in [-0.05, 0) is 85.8 Å². The third-order valence-electron chi connectivity index (χ3n) is 10.5. The van der Waals surface area contributed by atoms with E-state index in [1.165, 1.54) is 31.3 Å². The molecule has 1 atom stereocenters. The summed E-state index contributed by atoms with van der Waals surface area (Å²) in [6, 6.07) is 9.42. The number of ketones is 2. The molecular formula is C50H83N6O11P. The molecule has 68 heavy (non-hydrogen) atoms. The van der Waals surface area contributed by atoms with E-state index in [-0.39, 0.29) is 156 Å². The van der Waals surface area contributed by atoms with Crippen molar-refractivity contribution in [2.45, 2.75) is 100 Å². The van der Waals surface area contributed by atoms with Crippen LogP contribution in [0.1, 0.15) is 102 Å². The van der Waals surface area contributed by atoms with Crippen LogP contribution in [0.25, 0.3) is 44.3 Å². The fourth-order valence-corrected chi connectivity index (χ4v) is 7.59. The number of anilines is 1. The van der Waals surface area contributed by atoms with E-state index < -0.39 is 46.1 Å². The van der Waals surface area contributed by atoms with Gasteiger partial charge in [-0.25, -0.2) is 0 Å². The first-order valence-corrected chi connectivity index (χ1v) is 17.6. The molecule has 8 rings (SSSR count). The molecule has 0 spiro atoms. The van der Waals surface area contributed by atoms with Gasteiger partial charge in [-0.15, -0.1) is 0 Å². The number of nitrogens with one attached hydrogen (secondary N) is 3. The second-order valence-corrected chi connectivity index (χ2v) is 13.6. The predicted molar refractivity (Wildman–Crippen MR) is 288 cm³/mol. The van der Waals surface area contributed by atoms with Crippen molar-refractivity contribution < 1.29 is 55.9 Å². The molecule has 0 saturated carbocycles. The Kier molecular flexibility index (Phi) is 29.8. The van der Waals surface area contributed by atoms with Crippen molar-refractivity contribution in [1.29, 1.82) is 0 Å². The molecule has 3 heterocycles. The van der Waals surface area contributed by atoms with E-state index in [2.05, 4.69) is 15.3 Å². The Morgan fingerprint density at radius 2 is 1.19 bits per heavy atom. The van der Waals surface area contributed by atoms with E-state index in [1.807, 2.05) is 0 Å². The van der Waals surface area contributed by atoms with E-state index in [4.69, 9.17) is 21.7 Å². The maximum Gasteiger partial charge on any atom is 0.234 e. The van der Waals surface area contributed by atoms with Gasteiger partial charge in [0.25, 0.3) is 0 Å². The van der Waals surface area contributed by atoms with Crippen LogP contribution in [-0.4, -0.2) is 81.0 Å². The van der Waals surface area contributed by atoms with Gasteiger partial charge < -0.3 is 79.2 Å². The lowest BCUT2D eigenvalue weighted by molar-refractivity contribution is -0.130. The number of hydrogen-bond donors (Lipinski definition) is 14. The van der Waals surface area contributed by atoms with E-state index in [9.17, 15) is 40.2 Å². The van der Waals surface area contributed by atoms with Crippen LogP contribution in [-0.2, 0) is 29.0 Å². The molecule has 0 bridgehead atoms. The number of Topliss-reactive ketones (excluding diaryl/α,β-unsaturated/α-hetero) is 2. The van der Waals surface area contributed by atoms with Crippen LogP contribution in [0.5, 0.6) is 46.0 Å². The first kappa shape index (κ1) is 72.8. The zero-order valence-electron chi connectivity index (χ0n) is 32.1. The molecule has 384 valence electrons. The Morgan fingerprint density at radius 3 is 1.76 bits per heavy atom. The number of aromatic hydroxyl groups is 8. The Labute approximate surface area is 405 Å². The molecular weight excluding hydrogens is 892 g/mol. The van der Waals surface area contributed by atoms with Crippen molar-refractivity contribution in [3.8, 4) is 68.2 Å². The first-order valence-electron chi connectivity index (χ1n) is 17.6. The molecule has 6 aromatic rings. The van der Waals surface area contributed by atoms with Crippen molar-refractivity contribution in [3.05, 3.63) is 87.2 Å². The maximum absolute atomic E-state index is 13.4. The number of aromatic nitrogens is 2. The van der Waals surface area contributed by atoms with Gasteiger partial charge in [0.05, 0.1) is 27.7 Å². The normalized spacial score (nSPS) is 11.1. The highest BCUT2D eigenvalue weighted by atomic mass is 31.0. The molecule has 0 fully saturated rings. The number of aromatic amines is 2. The van der Waals surface area contributed by atoms with E-state index in [0.29, 0.717) is 58.9 Å². The number of H-pyrrole nitrogens is 2. The highest BCUT2D eigenvalue weighted by molar-refractivity contribution is 6.92. The van der Waals surface area contributed by atoms with Crippen LogP contribution in [0.2, 0.25) is 0 Å². The molecule has 2 aliphatic rings. The number of phenols is 8. The van der Waals surface area contributed by atoms with Crippen LogP contribution in [0, 0.1) is 6.92 Å². The number of carbonyl (C=O) groups excluding carboxylic acids is 2. The zero-order valence-corrected chi connectivity index (χ0v) is 33.5. The van der Waals surface area contributed by atoms with Gasteiger partial charge in [0.2, 0.25) is 11.6 Å². The van der Waals surface area contributed by atoms with Crippen molar-refractivity contribution in [1.82, 2.24) is 16.1 Å². The van der Waals surface area contributed by atoms with Crippen LogP contribution < -0.4 is 33.5 Å². The minimum absolute atomic E-state index is 0. The molecule has 4 aromatic carbocycles. The minimum Gasteiger partial charge on any atom is -0.504 e. The summed E-state index contributed by atoms with van der Waals surface area (Å²) in [5, 5.41) is 89.9. The van der Waals surface area contributed by atoms with Crippen LogP contribution in [0.3, 0.4) is 0 Å². The minimum atomic E-state index is -0.858. The largest absolute Gasteiger partial charge is 0.504 e. The van der Waals surface area contributed by atoms with Gasteiger partial charge in [0.15, 0.2) is 46.0 Å². The number of rotatable bonds is 6. The van der Waals surface area contributed by atoms with Crippen LogP contribution >= 0.6 is 9.90 Å². The Balaban J connectivity index is -0.000000374. The Hall–Kier alpha value is -6.75. The average molecular weight is 975 g/mol. The number of carbonyl (C=O) groups is 2. The van der Waals surface area contributed by atoms with Crippen molar-refractivity contribution in [3.63, 3.8) is 0 Å². The molecule has 1 aliphatic heterocycles. The number of phenolic OH excluding ortho intramolecular Hbond substituents is 8. The van der Waals surface area contributed by atoms with E-state index in [0.717, 1.165) is 5.56 Å². The van der Waals surface area contributed by atoms with Gasteiger partial charge in [-0.3, -0.25) is 9.59 Å². The molecule has 18 heteroatoms. The molecule has 0 radical (unpaired) electrons. The van der Waals surface area contributed by atoms with Crippen LogP contribution in [0.15, 0.2) is 48.8 Å². The summed E-state index contributed by atoms with van der Waals surface area (Å²) < 4.78 is 0. The van der Waals surface area contributed by atoms with Gasteiger partial charge >= 0.3 is 0 Å². The SMILES string of the molecule is C.C.C.C.C.C.C.C.C.CC1=c2[nH]ccc2=C(c2c(O)c(O)c(-c3c(O)c(O)c(-c4cc(CN)c(C)c(O)c4O)c4c3NCC4)c3cc[nH]c23)C(=O)C1=O.N.NCCc1ccc(O)c(O)c1.O.P. The number of nitrogens with two attached hydrogens (primary N) is 2. The first-order chi connectivity index (χ1) is 26.7. The molecule has 0 amide bonds. The molecule has 1 unspecified atom stereocenters. The summed E-state index contributed by atoms with van der Waals surface area (Å²) in [7, 11) is 0. The van der Waals surface area contributed by atoms with Crippen LogP contribution in [0.4, 0.5) is 5.69 Å². The lowest BCUT2D eigenvalue weighted by atomic mass is 9.85. The third kappa shape index (κ3) is 11.3. The number of fused-ring (bicyclic) bond motifs is 3. The fraction of sp³-hybridized carbons (Fsp3) is 0.320. The smallest absolute Gasteiger partial charge is 0.234 e. The average Bonchev–Trinajstić information content (AvgIpc) is 3.98. The monoisotopic (exact) mass is 975 g/mol. The molecule has 1 aliphatic carbocycles. The molecule has 0 saturated heterocycles. The standard InChI is InChI=1S/C33H28N4O8.C8H11NO2.9CH4.H3N.H2O.H3P/c1-11-13(10-34)9-17(28(40)26(11)38)18-14-3-7-36-24(14)22(32(44)29(18)41)20-16-5-8-37-25(16)21(33(45)31(20)43)19-15-4-6-35-23(15)12(2)27(39)30(19)42;9-4-3-6-1-2-7(10)8(11)5-6;;;;;;;;;;;;/h4-6,8-9,35-38,40-41,43-45H,3,7,10,34H2,1-2H3;1-2,5,10-11H,3-4,9H2;9*1H4;1H3;1H2;1H3. The maximum atomic E-state index is 13.4. The second-order valence-electron chi connectivity index (χ2n) is 13.6. The summed E-state index contributed by atoms with van der Waals surface area (Å²) >= 11 is 0. The molecule has 20 N–H and O–H groups in total.